The van der Waals surface area contributed by atoms with Gasteiger partial charge in [0.1, 0.15) is 0 Å². The number of nitrogens with zero attached hydrogens (tertiary/aromatic N) is 6. The van der Waals surface area contributed by atoms with Crippen molar-refractivity contribution in [2.75, 3.05) is 9.80 Å². The molecule has 4 aromatic heterocycles. The molecule has 0 spiro atoms. The van der Waals surface area contributed by atoms with Crippen LogP contribution in [0.2, 0.25) is 0 Å². The van der Waals surface area contributed by atoms with Crippen molar-refractivity contribution in [3.05, 3.63) is 349 Å². The third-order valence-corrected chi connectivity index (χ3v) is 21.4. The van der Waals surface area contributed by atoms with Gasteiger partial charge in [-0.15, -0.1) is 89.5 Å². The second kappa shape index (κ2) is 34.3. The molecule has 0 atom stereocenters. The van der Waals surface area contributed by atoms with Crippen molar-refractivity contribution in [2.45, 2.75) is 157 Å². The largest absolute Gasteiger partial charge is 0.352 e. The zero-order valence-corrected chi connectivity index (χ0v) is 76.2. The van der Waals surface area contributed by atoms with E-state index in [2.05, 4.69) is 429 Å². The molecule has 4 heterocycles. The molecule has 16 aromatic rings. The first kappa shape index (κ1) is 85.1. The Morgan fingerprint density at radius 3 is 0.904 bits per heavy atom. The number of rotatable bonds is 10. The van der Waals surface area contributed by atoms with Gasteiger partial charge in [0.15, 0.2) is 0 Å². The summed E-state index contributed by atoms with van der Waals surface area (Å²) >= 11 is 0. The molecule has 583 valence electrons. The van der Waals surface area contributed by atoms with Crippen molar-refractivity contribution >= 4 is 88.2 Å². The predicted molar refractivity (Wildman–Crippen MR) is 474 cm³/mol. The van der Waals surface area contributed by atoms with Gasteiger partial charge < -0.3 is 29.3 Å². The molecule has 114 heavy (non-hydrogen) atoms. The van der Waals surface area contributed by atoms with Crippen molar-refractivity contribution in [2.24, 2.45) is 0 Å². The minimum Gasteiger partial charge on any atom is -0.352 e. The van der Waals surface area contributed by atoms with Gasteiger partial charge in [-0.3, -0.25) is 0 Å². The van der Waals surface area contributed by atoms with Gasteiger partial charge in [0.2, 0.25) is 0 Å². The number of pyridine rings is 3. The standard InChI is InChI=1S/C35H33N2.2C35H35N2.3Ir/c1-34(2,3)25-14-16-31-29(21-25)30-22-26(35(4,5)6)15-17-32(30)37(31)27-12-9-11-24(20-27)33-28-13-8-7-10-23(28)18-19-36-33;1-34(2,3)27-14-18-29(19-15-27)37(30-20-16-28(17-21-30)35(4,5)6)31-12-9-11-26(24-31)33-32-13-8-7-10-25(32)22-23-36-33;1-34(2,3)27-13-19-30(20-14-27)37(31-21-15-28(16-22-31)35(4,5)6)29-17-11-26(12-18-29)33-32-10-8-7-9-25(32)23-24-36-33;;;/h7-10,12-22H,1-6H3;7-10,12-24H,1-6H3;7-11,13-24H,1-6H3;;;/q3*-1;;;. The molecule has 3 radical (unpaired) electrons. The van der Waals surface area contributed by atoms with Crippen molar-refractivity contribution < 1.29 is 60.3 Å². The predicted octanol–water partition coefficient (Wildman–Crippen LogP) is 28.9. The molecule has 0 amide bonds. The molecule has 0 N–H and O–H groups in total. The van der Waals surface area contributed by atoms with E-state index in [0.717, 1.165) is 89.7 Å². The molecule has 0 aliphatic carbocycles. The molecule has 0 aliphatic heterocycles. The van der Waals surface area contributed by atoms with E-state index < -0.39 is 0 Å². The number of aromatic nitrogens is 4. The van der Waals surface area contributed by atoms with E-state index in [9.17, 15) is 0 Å². The Morgan fingerprint density at radius 2 is 0.561 bits per heavy atom. The van der Waals surface area contributed by atoms with Crippen LogP contribution in [0, 0.1) is 18.2 Å². The first-order valence-electron chi connectivity index (χ1n) is 39.0. The second-order valence-electron chi connectivity index (χ2n) is 35.7. The minimum atomic E-state index is 0. The molecule has 0 saturated carbocycles. The molecule has 0 bridgehead atoms. The van der Waals surface area contributed by atoms with E-state index in [1.165, 1.54) is 71.3 Å². The summed E-state index contributed by atoms with van der Waals surface area (Å²) in [7, 11) is 0. The van der Waals surface area contributed by atoms with Gasteiger partial charge in [-0.1, -0.05) is 258 Å². The van der Waals surface area contributed by atoms with Gasteiger partial charge in [-0.05, 0) is 223 Å². The molecule has 0 unspecified atom stereocenters. The van der Waals surface area contributed by atoms with Crippen LogP contribution in [0.3, 0.4) is 0 Å². The van der Waals surface area contributed by atoms with Gasteiger partial charge in [-0.2, -0.15) is 0 Å². The van der Waals surface area contributed by atoms with Gasteiger partial charge in [0.25, 0.3) is 0 Å². The topological polar surface area (TPSA) is 50.1 Å². The fraction of sp³-hybridized carbons (Fsp3) is 0.229. The molecule has 0 fully saturated rings. The SMILES string of the molecule is CC(C)(C)c1ccc(N(c2c[c-]c(-c3nccc4ccccc34)cc2)c2ccc(C(C)(C)C)cc2)cc1.CC(C)(C)c1ccc(N(c2ccc(C(C)(C)C)cc2)c2cc[c-]c(-c3nccc4ccccc34)c2)cc1.CC(C)(C)c1ccc2c(c1)c1cc(C(C)(C)C)ccc1n2-c1cc[c-]c(-c2nccc3ccccc23)c1.[Ir].[Ir].[Ir]. The Balaban J connectivity index is 0.000000166. The summed E-state index contributed by atoms with van der Waals surface area (Å²) in [6, 6.07) is 111. The summed E-state index contributed by atoms with van der Waals surface area (Å²) in [5.41, 5.74) is 24.6. The number of hydrogen-bond acceptors (Lipinski definition) is 5. The fourth-order valence-electron chi connectivity index (χ4n) is 14.7. The number of benzene rings is 12. The van der Waals surface area contributed by atoms with E-state index in [4.69, 9.17) is 9.97 Å². The molecular weight excluding hydrogens is 1920 g/mol. The Bertz CT molecular complexity index is 5800. The summed E-state index contributed by atoms with van der Waals surface area (Å²) in [4.78, 5) is 18.8. The molecule has 0 aliphatic rings. The Labute approximate surface area is 717 Å². The maximum Gasteiger partial charge on any atom is 0.0523 e. The van der Waals surface area contributed by atoms with Gasteiger partial charge >= 0.3 is 0 Å². The average molecular weight is 2030 g/mol. The van der Waals surface area contributed by atoms with Crippen LogP contribution in [0.1, 0.15) is 158 Å². The van der Waals surface area contributed by atoms with E-state index in [1.54, 1.807) is 0 Å². The minimum absolute atomic E-state index is 0. The van der Waals surface area contributed by atoms with Crippen molar-refractivity contribution in [1.29, 1.82) is 0 Å². The monoisotopic (exact) mass is 2030 g/mol. The van der Waals surface area contributed by atoms with Crippen LogP contribution >= 0.6 is 0 Å². The first-order valence-corrected chi connectivity index (χ1v) is 39.0. The summed E-state index contributed by atoms with van der Waals surface area (Å²) in [6.07, 6.45) is 5.65. The van der Waals surface area contributed by atoms with Crippen molar-refractivity contribution in [1.82, 2.24) is 19.5 Å². The van der Waals surface area contributed by atoms with Crippen LogP contribution in [0.4, 0.5) is 34.1 Å². The van der Waals surface area contributed by atoms with Crippen molar-refractivity contribution in [3.8, 4) is 39.5 Å². The molecule has 9 heteroatoms. The van der Waals surface area contributed by atoms with E-state index in [1.807, 2.05) is 30.7 Å². The molecule has 12 aromatic carbocycles. The number of fused-ring (bicyclic) bond motifs is 6. The molecule has 6 nitrogen and oxygen atoms in total. The summed E-state index contributed by atoms with van der Waals surface area (Å²) < 4.78 is 2.39. The Morgan fingerprint density at radius 1 is 0.254 bits per heavy atom. The van der Waals surface area contributed by atoms with Crippen LogP contribution in [0.5, 0.6) is 0 Å². The zero-order chi connectivity index (χ0) is 78.4. The molecule has 0 saturated heterocycles. The van der Waals surface area contributed by atoms with Crippen LogP contribution < -0.4 is 9.80 Å². The summed E-state index contributed by atoms with van der Waals surface area (Å²) in [5.74, 6) is 0. The fourth-order valence-corrected chi connectivity index (χ4v) is 14.7. The second-order valence-corrected chi connectivity index (χ2v) is 35.7. The van der Waals surface area contributed by atoms with Crippen LogP contribution in [0.25, 0.3) is 93.6 Å². The Kier molecular flexibility index (Phi) is 25.6. The maximum absolute atomic E-state index is 4.76. The van der Waals surface area contributed by atoms with Crippen molar-refractivity contribution in [3.63, 3.8) is 0 Å². The van der Waals surface area contributed by atoms with Gasteiger partial charge in [0.05, 0.1) is 11.0 Å². The third-order valence-electron chi connectivity index (χ3n) is 21.4. The number of hydrogen-bond donors (Lipinski definition) is 0. The smallest absolute Gasteiger partial charge is 0.0523 e. The maximum atomic E-state index is 4.76. The average Bonchev–Trinajstić information content (AvgIpc) is 1.58. The van der Waals surface area contributed by atoms with Gasteiger partial charge in [0, 0.05) is 112 Å². The summed E-state index contributed by atoms with van der Waals surface area (Å²) in [5, 5.41) is 9.56. The van der Waals surface area contributed by atoms with E-state index >= 15 is 0 Å². The van der Waals surface area contributed by atoms with E-state index in [-0.39, 0.29) is 92.8 Å². The zero-order valence-electron chi connectivity index (χ0n) is 69.0. The number of anilines is 6. The van der Waals surface area contributed by atoms with Crippen LogP contribution in [0.15, 0.2) is 298 Å². The summed E-state index contributed by atoms with van der Waals surface area (Å²) in [6.45, 7) is 40.7. The van der Waals surface area contributed by atoms with E-state index in [0.29, 0.717) is 0 Å². The van der Waals surface area contributed by atoms with Gasteiger partial charge in [-0.25, -0.2) is 0 Å². The normalized spacial score (nSPS) is 11.9. The van der Waals surface area contributed by atoms with Crippen LogP contribution in [-0.2, 0) is 92.8 Å². The molecule has 16 rings (SSSR count). The quantitative estimate of drug-likeness (QED) is 0.128. The molecular formula is C105H103Ir3N6-3. The first-order chi connectivity index (χ1) is 52.8. The third kappa shape index (κ3) is 18.6. The van der Waals surface area contributed by atoms with Crippen LogP contribution in [-0.4, -0.2) is 19.5 Å². The Hall–Kier alpha value is -9.78.